The van der Waals surface area contributed by atoms with Crippen molar-refractivity contribution in [3.05, 3.63) is 102 Å². The second-order valence-corrected chi connectivity index (χ2v) is 7.02. The summed E-state index contributed by atoms with van der Waals surface area (Å²) in [5.74, 6) is 0.922. The fourth-order valence-electron chi connectivity index (χ4n) is 3.08. The molecule has 0 radical (unpaired) electrons. The predicted octanol–water partition coefficient (Wildman–Crippen LogP) is 4.73. The molecule has 1 amide bonds. The van der Waals surface area contributed by atoms with Gasteiger partial charge in [-0.1, -0.05) is 66.2 Å². The first-order valence-corrected chi connectivity index (χ1v) is 9.71. The molecule has 2 aromatic carbocycles. The summed E-state index contributed by atoms with van der Waals surface area (Å²) in [5.41, 5.74) is 2.18. The van der Waals surface area contributed by atoms with Gasteiger partial charge in [0.2, 0.25) is 5.91 Å². The summed E-state index contributed by atoms with van der Waals surface area (Å²) in [6, 6.07) is 17.8. The number of carbonyl (C=O) groups is 1. The molecule has 3 rings (SSSR count). The Balaban J connectivity index is 1.67. The molecule has 3 aromatic rings. The Bertz CT molecular complexity index is 920. The number of amides is 1. The van der Waals surface area contributed by atoms with Gasteiger partial charge in [0.25, 0.3) is 0 Å². The SMILES string of the molecule is C=CCN(Cc1nccn1Cc1ccccc1Cl)C(=O)CCc1ccccc1. The summed E-state index contributed by atoms with van der Waals surface area (Å²) in [6.45, 7) is 5.35. The van der Waals surface area contributed by atoms with Crippen molar-refractivity contribution in [3.63, 3.8) is 0 Å². The fourth-order valence-corrected chi connectivity index (χ4v) is 3.28. The normalized spacial score (nSPS) is 10.6. The second kappa shape index (κ2) is 9.90. The van der Waals surface area contributed by atoms with Crippen LogP contribution < -0.4 is 0 Å². The molecule has 1 aromatic heterocycles. The van der Waals surface area contributed by atoms with Gasteiger partial charge in [0, 0.05) is 30.4 Å². The van der Waals surface area contributed by atoms with E-state index in [0.29, 0.717) is 26.1 Å². The molecule has 0 unspecified atom stereocenters. The highest BCUT2D eigenvalue weighted by Crippen LogP contribution is 2.17. The van der Waals surface area contributed by atoms with Gasteiger partial charge in [-0.25, -0.2) is 4.98 Å². The monoisotopic (exact) mass is 393 g/mol. The number of carbonyl (C=O) groups excluding carboxylic acids is 1. The molecule has 0 saturated heterocycles. The molecule has 0 aliphatic carbocycles. The zero-order valence-electron chi connectivity index (χ0n) is 15.8. The highest BCUT2D eigenvalue weighted by Gasteiger charge is 2.16. The summed E-state index contributed by atoms with van der Waals surface area (Å²) in [5, 5.41) is 0.726. The molecule has 144 valence electrons. The van der Waals surface area contributed by atoms with Crippen molar-refractivity contribution in [2.75, 3.05) is 6.54 Å². The standard InChI is InChI=1S/C23H24ClN3O/c1-2-15-27(23(28)13-12-19-8-4-3-5-9-19)18-22-25-14-16-26(22)17-20-10-6-7-11-21(20)24/h2-11,14,16H,1,12-13,15,17-18H2. The maximum absolute atomic E-state index is 12.8. The van der Waals surface area contributed by atoms with E-state index in [1.807, 2.05) is 65.4 Å². The van der Waals surface area contributed by atoms with Crippen molar-refractivity contribution in [1.29, 1.82) is 0 Å². The number of aromatic nitrogens is 2. The lowest BCUT2D eigenvalue weighted by atomic mass is 10.1. The van der Waals surface area contributed by atoms with Crippen LogP contribution in [0.1, 0.15) is 23.4 Å². The Labute approximate surface area is 171 Å². The Hall–Kier alpha value is -2.85. The molecule has 0 spiro atoms. The maximum Gasteiger partial charge on any atom is 0.223 e. The minimum Gasteiger partial charge on any atom is -0.332 e. The van der Waals surface area contributed by atoms with Gasteiger partial charge in [-0.2, -0.15) is 0 Å². The van der Waals surface area contributed by atoms with Crippen LogP contribution in [0, 0.1) is 0 Å². The van der Waals surface area contributed by atoms with Crippen LogP contribution in [0.3, 0.4) is 0 Å². The molecule has 1 heterocycles. The fraction of sp³-hybridized carbons (Fsp3) is 0.217. The van der Waals surface area contributed by atoms with Crippen LogP contribution in [0.25, 0.3) is 0 Å². The minimum atomic E-state index is 0.0936. The Morgan fingerprint density at radius 3 is 2.64 bits per heavy atom. The number of halogens is 1. The topological polar surface area (TPSA) is 38.1 Å². The van der Waals surface area contributed by atoms with Crippen LogP contribution in [0.2, 0.25) is 5.02 Å². The van der Waals surface area contributed by atoms with Gasteiger partial charge in [0.15, 0.2) is 0 Å². The third kappa shape index (κ3) is 5.33. The summed E-state index contributed by atoms with van der Waals surface area (Å²) in [6.07, 6.45) is 6.61. The van der Waals surface area contributed by atoms with E-state index in [1.54, 1.807) is 17.2 Å². The highest BCUT2D eigenvalue weighted by molar-refractivity contribution is 6.31. The smallest absolute Gasteiger partial charge is 0.223 e. The van der Waals surface area contributed by atoms with Gasteiger partial charge >= 0.3 is 0 Å². The molecular formula is C23H24ClN3O. The number of nitrogens with zero attached hydrogens (tertiary/aromatic N) is 3. The number of imidazole rings is 1. The molecule has 0 aliphatic heterocycles. The van der Waals surface area contributed by atoms with E-state index in [2.05, 4.69) is 11.6 Å². The van der Waals surface area contributed by atoms with E-state index in [4.69, 9.17) is 11.6 Å². The van der Waals surface area contributed by atoms with Crippen LogP contribution in [0.15, 0.2) is 79.6 Å². The summed E-state index contributed by atoms with van der Waals surface area (Å²) in [4.78, 5) is 19.0. The average molecular weight is 394 g/mol. The van der Waals surface area contributed by atoms with Crippen molar-refractivity contribution in [2.45, 2.75) is 25.9 Å². The van der Waals surface area contributed by atoms with E-state index < -0.39 is 0 Å². The van der Waals surface area contributed by atoms with Gasteiger partial charge in [-0.15, -0.1) is 6.58 Å². The van der Waals surface area contributed by atoms with Gasteiger partial charge < -0.3 is 9.47 Å². The van der Waals surface area contributed by atoms with Crippen LogP contribution in [0.4, 0.5) is 0 Å². The first-order chi connectivity index (χ1) is 13.7. The second-order valence-electron chi connectivity index (χ2n) is 6.61. The lowest BCUT2D eigenvalue weighted by Gasteiger charge is -2.21. The molecule has 0 N–H and O–H groups in total. The molecule has 0 atom stereocenters. The van der Waals surface area contributed by atoms with Crippen molar-refractivity contribution in [1.82, 2.24) is 14.5 Å². The van der Waals surface area contributed by atoms with E-state index in [-0.39, 0.29) is 5.91 Å². The largest absolute Gasteiger partial charge is 0.332 e. The molecule has 4 nitrogen and oxygen atoms in total. The minimum absolute atomic E-state index is 0.0936. The Kier molecular flexibility index (Phi) is 7.04. The highest BCUT2D eigenvalue weighted by atomic mass is 35.5. The first kappa shape index (κ1) is 19.9. The third-order valence-corrected chi connectivity index (χ3v) is 4.97. The average Bonchev–Trinajstić information content (AvgIpc) is 3.15. The predicted molar refractivity (Wildman–Crippen MR) is 113 cm³/mol. The van der Waals surface area contributed by atoms with E-state index in [9.17, 15) is 4.79 Å². The van der Waals surface area contributed by atoms with E-state index >= 15 is 0 Å². The zero-order valence-corrected chi connectivity index (χ0v) is 16.6. The molecule has 0 bridgehead atoms. The molecule has 5 heteroatoms. The Morgan fingerprint density at radius 1 is 1.14 bits per heavy atom. The number of rotatable bonds is 9. The van der Waals surface area contributed by atoms with E-state index in [0.717, 1.165) is 28.4 Å². The maximum atomic E-state index is 12.8. The number of aryl methyl sites for hydroxylation is 1. The van der Waals surface area contributed by atoms with Crippen molar-refractivity contribution < 1.29 is 4.79 Å². The number of benzene rings is 2. The van der Waals surface area contributed by atoms with Crippen LogP contribution >= 0.6 is 11.6 Å². The van der Waals surface area contributed by atoms with Crippen molar-refractivity contribution >= 4 is 17.5 Å². The summed E-state index contributed by atoms with van der Waals surface area (Å²) in [7, 11) is 0. The summed E-state index contributed by atoms with van der Waals surface area (Å²) >= 11 is 6.29. The molecule has 28 heavy (non-hydrogen) atoms. The van der Waals surface area contributed by atoms with Crippen molar-refractivity contribution in [3.8, 4) is 0 Å². The van der Waals surface area contributed by atoms with Crippen LogP contribution in [-0.4, -0.2) is 26.9 Å². The van der Waals surface area contributed by atoms with Crippen molar-refractivity contribution in [2.24, 2.45) is 0 Å². The van der Waals surface area contributed by atoms with Crippen LogP contribution in [0.5, 0.6) is 0 Å². The van der Waals surface area contributed by atoms with Gasteiger partial charge in [0.1, 0.15) is 5.82 Å². The van der Waals surface area contributed by atoms with E-state index in [1.165, 1.54) is 0 Å². The third-order valence-electron chi connectivity index (χ3n) is 4.61. The molecule has 0 saturated carbocycles. The lowest BCUT2D eigenvalue weighted by molar-refractivity contribution is -0.131. The Morgan fingerprint density at radius 2 is 1.89 bits per heavy atom. The molecule has 0 aliphatic rings. The first-order valence-electron chi connectivity index (χ1n) is 9.33. The van der Waals surface area contributed by atoms with Crippen LogP contribution in [-0.2, 0) is 24.3 Å². The zero-order chi connectivity index (χ0) is 19.8. The molecule has 0 fully saturated rings. The lowest BCUT2D eigenvalue weighted by Crippen LogP contribution is -2.32. The summed E-state index contributed by atoms with van der Waals surface area (Å²) < 4.78 is 2.03. The van der Waals surface area contributed by atoms with Gasteiger partial charge in [-0.05, 0) is 23.6 Å². The quantitative estimate of drug-likeness (QED) is 0.493. The number of hydrogen-bond donors (Lipinski definition) is 0. The number of hydrogen-bond acceptors (Lipinski definition) is 2. The van der Waals surface area contributed by atoms with Gasteiger partial charge in [-0.3, -0.25) is 4.79 Å². The van der Waals surface area contributed by atoms with Gasteiger partial charge in [0.05, 0.1) is 13.1 Å². The molecular weight excluding hydrogens is 370 g/mol.